The molecule has 2 rings (SSSR count). The Bertz CT molecular complexity index is 340. The molecule has 0 saturated carbocycles. The number of halogens is 1. The van der Waals surface area contributed by atoms with Gasteiger partial charge >= 0.3 is 0 Å². The molecule has 1 saturated heterocycles. The Balaban J connectivity index is 1.93. The fourth-order valence-electron chi connectivity index (χ4n) is 2.15. The van der Waals surface area contributed by atoms with Gasteiger partial charge in [0.1, 0.15) is 0 Å². The van der Waals surface area contributed by atoms with Crippen LogP contribution in [0.15, 0.2) is 22.9 Å². The Morgan fingerprint density at radius 2 is 2.19 bits per heavy atom. The topological polar surface area (TPSA) is 48.1 Å². The van der Waals surface area contributed by atoms with E-state index in [0.29, 0.717) is 5.92 Å². The fourth-order valence-corrected chi connectivity index (χ4v) is 2.56. The number of aromatic nitrogens is 1. The molecule has 1 fully saturated rings. The number of hydrogen-bond donors (Lipinski definition) is 1. The molecule has 0 radical (unpaired) electrons. The first-order chi connectivity index (χ1) is 7.75. The van der Waals surface area contributed by atoms with Crippen molar-refractivity contribution in [1.82, 2.24) is 4.98 Å². The fraction of sp³-hybridized carbons (Fsp3) is 0.583. The number of rotatable bonds is 3. The third-order valence-corrected chi connectivity index (χ3v) is 3.54. The molecule has 1 aliphatic rings. The van der Waals surface area contributed by atoms with Crippen molar-refractivity contribution in [3.05, 3.63) is 28.5 Å². The van der Waals surface area contributed by atoms with Crippen LogP contribution in [0.25, 0.3) is 0 Å². The lowest BCUT2D eigenvalue weighted by Gasteiger charge is -2.27. The maximum Gasteiger partial charge on any atom is 0.0469 e. The molecule has 1 aromatic heterocycles. The third kappa shape index (κ3) is 3.27. The normalized spacial score (nSPS) is 19.6. The minimum absolute atomic E-state index is 0.222. The van der Waals surface area contributed by atoms with Crippen LogP contribution in [0.4, 0.5) is 0 Å². The highest BCUT2D eigenvalue weighted by Gasteiger charge is 2.21. The summed E-state index contributed by atoms with van der Waals surface area (Å²) in [5.41, 5.74) is 7.43. The molecule has 16 heavy (non-hydrogen) atoms. The van der Waals surface area contributed by atoms with Gasteiger partial charge in [0.2, 0.25) is 0 Å². The van der Waals surface area contributed by atoms with Crippen LogP contribution < -0.4 is 5.73 Å². The minimum Gasteiger partial charge on any atom is -0.381 e. The van der Waals surface area contributed by atoms with Crippen molar-refractivity contribution in [2.45, 2.75) is 25.3 Å². The summed E-state index contributed by atoms with van der Waals surface area (Å²) in [4.78, 5) is 4.16. The minimum atomic E-state index is 0.222. The van der Waals surface area contributed by atoms with Gasteiger partial charge in [0.15, 0.2) is 0 Å². The zero-order chi connectivity index (χ0) is 11.4. The highest BCUT2D eigenvalue weighted by Crippen LogP contribution is 2.20. The molecule has 0 bridgehead atoms. The molecular weight excluding hydrogens is 268 g/mol. The van der Waals surface area contributed by atoms with Gasteiger partial charge in [0.25, 0.3) is 0 Å². The smallest absolute Gasteiger partial charge is 0.0469 e. The zero-order valence-corrected chi connectivity index (χ0v) is 10.8. The summed E-state index contributed by atoms with van der Waals surface area (Å²) < 4.78 is 6.36. The lowest BCUT2D eigenvalue weighted by molar-refractivity contribution is 0.0585. The molecular formula is C12H17BrN2O. The van der Waals surface area contributed by atoms with E-state index in [4.69, 9.17) is 10.5 Å². The van der Waals surface area contributed by atoms with E-state index >= 15 is 0 Å². The first kappa shape index (κ1) is 12.0. The maximum atomic E-state index is 6.23. The van der Waals surface area contributed by atoms with Gasteiger partial charge in [0, 0.05) is 36.1 Å². The average Bonchev–Trinajstić information content (AvgIpc) is 2.30. The predicted octanol–water partition coefficient (Wildman–Crippen LogP) is 2.14. The van der Waals surface area contributed by atoms with Crippen LogP contribution in [0.2, 0.25) is 0 Å². The summed E-state index contributed by atoms with van der Waals surface area (Å²) in [5.74, 6) is 0.590. The van der Waals surface area contributed by atoms with Gasteiger partial charge in [-0.25, -0.2) is 0 Å². The summed E-state index contributed by atoms with van der Waals surface area (Å²) in [6, 6.07) is 2.31. The van der Waals surface area contributed by atoms with Crippen LogP contribution >= 0.6 is 15.9 Å². The van der Waals surface area contributed by atoms with Crippen molar-refractivity contribution < 1.29 is 4.74 Å². The molecule has 0 spiro atoms. The van der Waals surface area contributed by atoms with Crippen LogP contribution in [0.3, 0.4) is 0 Å². The average molecular weight is 285 g/mol. The van der Waals surface area contributed by atoms with E-state index in [-0.39, 0.29) is 6.04 Å². The van der Waals surface area contributed by atoms with Crippen LogP contribution in [0, 0.1) is 5.92 Å². The molecule has 2 heterocycles. The van der Waals surface area contributed by atoms with Gasteiger partial charge < -0.3 is 10.5 Å². The zero-order valence-electron chi connectivity index (χ0n) is 9.23. The second-order valence-electron chi connectivity index (χ2n) is 4.33. The number of pyridine rings is 1. The molecule has 1 aromatic rings. The van der Waals surface area contributed by atoms with E-state index in [2.05, 4.69) is 27.0 Å². The number of ether oxygens (including phenoxy) is 1. The Hall–Kier alpha value is -0.450. The summed E-state index contributed by atoms with van der Waals surface area (Å²) in [7, 11) is 0. The standard InChI is InChI=1S/C12H17BrN2O/c13-11-5-9(7-15-8-11)6-12(14)10-1-3-16-4-2-10/h5,7-8,10,12H,1-4,6,14H2. The SMILES string of the molecule is NC(Cc1cncc(Br)c1)C1CCOCC1. The van der Waals surface area contributed by atoms with Crippen molar-refractivity contribution in [3.8, 4) is 0 Å². The predicted molar refractivity (Wildman–Crippen MR) is 67.2 cm³/mol. The molecule has 1 aliphatic heterocycles. The number of nitrogens with zero attached hydrogens (tertiary/aromatic N) is 1. The van der Waals surface area contributed by atoms with E-state index in [1.165, 1.54) is 5.56 Å². The molecule has 0 amide bonds. The first-order valence-electron chi connectivity index (χ1n) is 5.68. The van der Waals surface area contributed by atoms with Crippen LogP contribution in [0.5, 0.6) is 0 Å². The van der Waals surface area contributed by atoms with Crippen molar-refractivity contribution in [3.63, 3.8) is 0 Å². The van der Waals surface area contributed by atoms with E-state index in [0.717, 1.165) is 36.9 Å². The second kappa shape index (κ2) is 5.75. The van der Waals surface area contributed by atoms with E-state index < -0.39 is 0 Å². The Labute approximate surface area is 105 Å². The van der Waals surface area contributed by atoms with Gasteiger partial charge in [-0.15, -0.1) is 0 Å². The molecule has 2 N–H and O–H groups in total. The quantitative estimate of drug-likeness (QED) is 0.925. The number of hydrogen-bond acceptors (Lipinski definition) is 3. The van der Waals surface area contributed by atoms with Crippen LogP contribution in [-0.2, 0) is 11.2 Å². The third-order valence-electron chi connectivity index (χ3n) is 3.10. The molecule has 88 valence electrons. The highest BCUT2D eigenvalue weighted by atomic mass is 79.9. The summed E-state index contributed by atoms with van der Waals surface area (Å²) in [6.45, 7) is 1.71. The largest absolute Gasteiger partial charge is 0.381 e. The van der Waals surface area contributed by atoms with E-state index in [1.807, 2.05) is 6.20 Å². The lowest BCUT2D eigenvalue weighted by Crippen LogP contribution is -2.36. The Morgan fingerprint density at radius 1 is 1.44 bits per heavy atom. The lowest BCUT2D eigenvalue weighted by atomic mass is 9.89. The Kier molecular flexibility index (Phi) is 4.32. The number of nitrogens with two attached hydrogens (primary N) is 1. The summed E-state index contributed by atoms with van der Waals surface area (Å²) in [5, 5.41) is 0. The van der Waals surface area contributed by atoms with Crippen LogP contribution in [-0.4, -0.2) is 24.2 Å². The highest BCUT2D eigenvalue weighted by molar-refractivity contribution is 9.10. The van der Waals surface area contributed by atoms with E-state index in [1.54, 1.807) is 6.20 Å². The van der Waals surface area contributed by atoms with Crippen molar-refractivity contribution in [2.24, 2.45) is 11.7 Å². The first-order valence-corrected chi connectivity index (χ1v) is 6.48. The summed E-state index contributed by atoms with van der Waals surface area (Å²) >= 11 is 3.42. The van der Waals surface area contributed by atoms with Gasteiger partial charge in [0.05, 0.1) is 0 Å². The van der Waals surface area contributed by atoms with Gasteiger partial charge in [-0.2, -0.15) is 0 Å². The molecule has 0 aromatic carbocycles. The second-order valence-corrected chi connectivity index (χ2v) is 5.24. The molecule has 4 heteroatoms. The maximum absolute atomic E-state index is 6.23. The van der Waals surface area contributed by atoms with E-state index in [9.17, 15) is 0 Å². The van der Waals surface area contributed by atoms with Crippen molar-refractivity contribution in [1.29, 1.82) is 0 Å². The van der Waals surface area contributed by atoms with Gasteiger partial charge in [-0.05, 0) is 52.7 Å². The molecule has 3 nitrogen and oxygen atoms in total. The van der Waals surface area contributed by atoms with Gasteiger partial charge in [-0.3, -0.25) is 4.98 Å². The Morgan fingerprint density at radius 3 is 2.88 bits per heavy atom. The van der Waals surface area contributed by atoms with Gasteiger partial charge in [-0.1, -0.05) is 0 Å². The monoisotopic (exact) mass is 284 g/mol. The van der Waals surface area contributed by atoms with Crippen molar-refractivity contribution in [2.75, 3.05) is 13.2 Å². The molecule has 1 unspecified atom stereocenters. The van der Waals surface area contributed by atoms with Crippen LogP contribution in [0.1, 0.15) is 18.4 Å². The van der Waals surface area contributed by atoms with Crippen molar-refractivity contribution >= 4 is 15.9 Å². The molecule has 1 atom stereocenters. The summed E-state index contributed by atoms with van der Waals surface area (Å²) in [6.07, 6.45) is 6.76. The molecule has 0 aliphatic carbocycles.